The molecular formula is C15H22O2. The summed E-state index contributed by atoms with van der Waals surface area (Å²) in [6, 6.07) is 0. The average molecular weight is 234 g/mol. The van der Waals surface area contributed by atoms with E-state index >= 15 is 0 Å². The summed E-state index contributed by atoms with van der Waals surface area (Å²) in [5.41, 5.74) is 1.56. The van der Waals surface area contributed by atoms with Crippen LogP contribution in [0.25, 0.3) is 0 Å². The van der Waals surface area contributed by atoms with Gasteiger partial charge in [-0.25, -0.2) is 0 Å². The molecule has 0 aromatic rings. The largest absolute Gasteiger partial charge is 0.298 e. The number of carbonyl (C=O) groups is 2. The van der Waals surface area contributed by atoms with Crippen molar-refractivity contribution < 1.29 is 9.59 Å². The Hall–Kier alpha value is -0.920. The Morgan fingerprint density at radius 2 is 1.88 bits per heavy atom. The summed E-state index contributed by atoms with van der Waals surface area (Å²) < 4.78 is 0. The Bertz CT molecular complexity index is 403. The molecule has 1 saturated carbocycles. The molecule has 0 radical (unpaired) electrons. The van der Waals surface area contributed by atoms with E-state index in [0.717, 1.165) is 31.1 Å². The lowest BCUT2D eigenvalue weighted by Gasteiger charge is -2.53. The van der Waals surface area contributed by atoms with Crippen LogP contribution in [0.4, 0.5) is 0 Å². The van der Waals surface area contributed by atoms with Crippen molar-refractivity contribution in [3.63, 3.8) is 0 Å². The summed E-state index contributed by atoms with van der Waals surface area (Å²) in [6.07, 6.45) is 4.90. The van der Waals surface area contributed by atoms with Crippen LogP contribution in [0.5, 0.6) is 0 Å². The molecule has 0 unspecified atom stereocenters. The SMILES string of the molecule is CC1=C(C=O)[C@@]2(C)CCCC(C)(C)[C@@H]2CC1=O. The van der Waals surface area contributed by atoms with Crippen molar-refractivity contribution in [1.29, 1.82) is 0 Å². The second-order valence-corrected chi connectivity index (χ2v) is 6.60. The zero-order chi connectivity index (χ0) is 12.8. The number of hydrogen-bond donors (Lipinski definition) is 0. The Balaban J connectivity index is 2.56. The van der Waals surface area contributed by atoms with Gasteiger partial charge in [-0.05, 0) is 42.1 Å². The summed E-state index contributed by atoms with van der Waals surface area (Å²) in [6.45, 7) is 8.48. The van der Waals surface area contributed by atoms with Gasteiger partial charge in [-0.2, -0.15) is 0 Å². The smallest absolute Gasteiger partial charge is 0.159 e. The molecule has 0 N–H and O–H groups in total. The van der Waals surface area contributed by atoms with Crippen LogP contribution in [0.2, 0.25) is 0 Å². The van der Waals surface area contributed by atoms with E-state index in [9.17, 15) is 9.59 Å². The topological polar surface area (TPSA) is 34.1 Å². The molecule has 2 heteroatoms. The number of fused-ring (bicyclic) bond motifs is 1. The van der Waals surface area contributed by atoms with Crippen LogP contribution in [-0.4, -0.2) is 12.1 Å². The highest BCUT2D eigenvalue weighted by molar-refractivity contribution is 6.02. The zero-order valence-electron chi connectivity index (χ0n) is 11.3. The van der Waals surface area contributed by atoms with Gasteiger partial charge in [-0.3, -0.25) is 9.59 Å². The van der Waals surface area contributed by atoms with Gasteiger partial charge in [-0.1, -0.05) is 27.2 Å². The third-order valence-electron chi connectivity index (χ3n) is 5.17. The number of carbonyl (C=O) groups excluding carboxylic acids is 2. The Morgan fingerprint density at radius 3 is 2.47 bits per heavy atom. The number of ketones is 1. The normalized spacial score (nSPS) is 36.7. The number of Topliss-reactive ketones (excluding diaryl/α,β-unsaturated/α-hetero) is 1. The Kier molecular flexibility index (Phi) is 2.80. The van der Waals surface area contributed by atoms with Crippen LogP contribution in [0.15, 0.2) is 11.1 Å². The van der Waals surface area contributed by atoms with E-state index in [1.807, 2.05) is 6.92 Å². The quantitative estimate of drug-likeness (QED) is 0.652. The molecule has 2 atom stereocenters. The van der Waals surface area contributed by atoms with Crippen molar-refractivity contribution in [3.05, 3.63) is 11.1 Å². The maximum Gasteiger partial charge on any atom is 0.159 e. The Morgan fingerprint density at radius 1 is 1.24 bits per heavy atom. The molecule has 0 aromatic carbocycles. The van der Waals surface area contributed by atoms with Crippen molar-refractivity contribution in [2.24, 2.45) is 16.7 Å². The lowest BCUT2D eigenvalue weighted by atomic mass is 9.50. The maximum atomic E-state index is 12.0. The minimum atomic E-state index is -0.0819. The number of allylic oxidation sites excluding steroid dienone is 2. The standard InChI is InChI=1S/C15H22O2/c1-10-11(9-16)15(4)7-5-6-14(2,3)13(15)8-12(10)17/h9,13H,5-8H2,1-4H3/t13-,15+/m0/s1. The van der Waals surface area contributed by atoms with Crippen LogP contribution in [-0.2, 0) is 9.59 Å². The van der Waals surface area contributed by atoms with Crippen molar-refractivity contribution in [2.45, 2.75) is 53.4 Å². The molecule has 17 heavy (non-hydrogen) atoms. The minimum absolute atomic E-state index is 0.0819. The number of aldehydes is 1. The molecule has 1 fully saturated rings. The van der Waals surface area contributed by atoms with E-state index in [-0.39, 0.29) is 16.6 Å². The van der Waals surface area contributed by atoms with Crippen LogP contribution in [0, 0.1) is 16.7 Å². The minimum Gasteiger partial charge on any atom is -0.298 e. The summed E-state index contributed by atoms with van der Waals surface area (Å²) in [7, 11) is 0. The third kappa shape index (κ3) is 1.69. The van der Waals surface area contributed by atoms with Gasteiger partial charge in [0.15, 0.2) is 5.78 Å². The summed E-state index contributed by atoms with van der Waals surface area (Å²) in [5.74, 6) is 0.490. The molecule has 0 amide bonds. The van der Waals surface area contributed by atoms with E-state index in [0.29, 0.717) is 17.9 Å². The first-order valence-electron chi connectivity index (χ1n) is 6.52. The van der Waals surface area contributed by atoms with Crippen LogP contribution < -0.4 is 0 Å². The van der Waals surface area contributed by atoms with E-state index in [4.69, 9.17) is 0 Å². The van der Waals surface area contributed by atoms with Gasteiger partial charge in [0.1, 0.15) is 6.29 Å². The van der Waals surface area contributed by atoms with Crippen molar-refractivity contribution in [1.82, 2.24) is 0 Å². The van der Waals surface area contributed by atoms with E-state index < -0.39 is 0 Å². The Labute approximate surface area is 103 Å². The summed E-state index contributed by atoms with van der Waals surface area (Å²) >= 11 is 0. The molecule has 2 rings (SSSR count). The second kappa shape index (κ2) is 3.79. The molecular weight excluding hydrogens is 212 g/mol. The van der Waals surface area contributed by atoms with E-state index in [1.165, 1.54) is 0 Å². The van der Waals surface area contributed by atoms with Gasteiger partial charge in [0, 0.05) is 12.0 Å². The molecule has 0 saturated heterocycles. The van der Waals surface area contributed by atoms with E-state index in [1.54, 1.807) is 0 Å². The lowest BCUT2D eigenvalue weighted by molar-refractivity contribution is -0.123. The predicted octanol–water partition coefficient (Wildman–Crippen LogP) is 3.31. The fourth-order valence-corrected chi connectivity index (χ4v) is 4.09. The molecule has 0 aliphatic heterocycles. The fourth-order valence-electron chi connectivity index (χ4n) is 4.09. The van der Waals surface area contributed by atoms with Gasteiger partial charge in [0.05, 0.1) is 0 Å². The van der Waals surface area contributed by atoms with Crippen molar-refractivity contribution >= 4 is 12.1 Å². The molecule has 0 spiro atoms. The first-order chi connectivity index (χ1) is 7.83. The molecule has 2 aliphatic carbocycles. The third-order valence-corrected chi connectivity index (χ3v) is 5.17. The molecule has 2 aliphatic rings. The lowest BCUT2D eigenvalue weighted by Crippen LogP contribution is -2.47. The predicted molar refractivity (Wildman–Crippen MR) is 67.6 cm³/mol. The van der Waals surface area contributed by atoms with Gasteiger partial charge in [0.2, 0.25) is 0 Å². The molecule has 94 valence electrons. The van der Waals surface area contributed by atoms with E-state index in [2.05, 4.69) is 20.8 Å². The maximum absolute atomic E-state index is 12.0. The van der Waals surface area contributed by atoms with Gasteiger partial charge in [0.25, 0.3) is 0 Å². The second-order valence-electron chi connectivity index (χ2n) is 6.60. The van der Waals surface area contributed by atoms with Crippen LogP contribution in [0.3, 0.4) is 0 Å². The highest BCUT2D eigenvalue weighted by Crippen LogP contribution is 2.58. The van der Waals surface area contributed by atoms with Gasteiger partial charge < -0.3 is 0 Å². The number of rotatable bonds is 1. The number of hydrogen-bond acceptors (Lipinski definition) is 2. The van der Waals surface area contributed by atoms with Crippen LogP contribution in [0.1, 0.15) is 53.4 Å². The first-order valence-corrected chi connectivity index (χ1v) is 6.52. The van der Waals surface area contributed by atoms with Crippen molar-refractivity contribution in [3.8, 4) is 0 Å². The summed E-state index contributed by atoms with van der Waals surface area (Å²) in [4.78, 5) is 23.4. The molecule has 0 heterocycles. The highest BCUT2D eigenvalue weighted by Gasteiger charge is 2.52. The molecule has 0 aromatic heterocycles. The molecule has 2 nitrogen and oxygen atoms in total. The summed E-state index contributed by atoms with van der Waals surface area (Å²) in [5, 5.41) is 0. The highest BCUT2D eigenvalue weighted by atomic mass is 16.1. The first kappa shape index (κ1) is 12.5. The molecule has 0 bridgehead atoms. The van der Waals surface area contributed by atoms with Crippen LogP contribution >= 0.6 is 0 Å². The van der Waals surface area contributed by atoms with Crippen molar-refractivity contribution in [2.75, 3.05) is 0 Å². The fraction of sp³-hybridized carbons (Fsp3) is 0.733. The van der Waals surface area contributed by atoms with Gasteiger partial charge in [-0.15, -0.1) is 0 Å². The zero-order valence-corrected chi connectivity index (χ0v) is 11.3. The average Bonchev–Trinajstić information content (AvgIpc) is 2.22. The monoisotopic (exact) mass is 234 g/mol. The van der Waals surface area contributed by atoms with Gasteiger partial charge >= 0.3 is 0 Å².